The van der Waals surface area contributed by atoms with E-state index in [0.29, 0.717) is 0 Å². The zero-order chi connectivity index (χ0) is 13.5. The molecule has 1 aromatic carbocycles. The standard InChI is InChI=1S/C16H20N2S/c1-4-17-10-14-18-15-11-7-5-6-8-12(11)16(2,3)9-13(15)19-14/h5-8,17H,4,9-10H2,1-3H3. The largest absolute Gasteiger partial charge is 0.311 e. The first-order valence-corrected chi connectivity index (χ1v) is 7.72. The molecule has 1 aromatic heterocycles. The van der Waals surface area contributed by atoms with Gasteiger partial charge in [-0.2, -0.15) is 0 Å². The van der Waals surface area contributed by atoms with Crippen LogP contribution in [0.25, 0.3) is 11.3 Å². The van der Waals surface area contributed by atoms with Crippen LogP contribution in [0.1, 0.15) is 36.2 Å². The van der Waals surface area contributed by atoms with Crippen LogP contribution in [0.3, 0.4) is 0 Å². The number of nitrogens with zero attached hydrogens (tertiary/aromatic N) is 1. The van der Waals surface area contributed by atoms with Crippen LogP contribution in [-0.4, -0.2) is 11.5 Å². The third-order valence-electron chi connectivity index (χ3n) is 3.78. The van der Waals surface area contributed by atoms with Crippen molar-refractivity contribution in [2.45, 2.75) is 39.2 Å². The van der Waals surface area contributed by atoms with Gasteiger partial charge in [0.05, 0.1) is 5.69 Å². The molecule has 1 aliphatic carbocycles. The van der Waals surface area contributed by atoms with Gasteiger partial charge in [-0.05, 0) is 23.9 Å². The fourth-order valence-electron chi connectivity index (χ4n) is 2.81. The molecule has 2 nitrogen and oxygen atoms in total. The molecule has 0 spiro atoms. The number of fused-ring (bicyclic) bond motifs is 3. The van der Waals surface area contributed by atoms with Crippen molar-refractivity contribution < 1.29 is 0 Å². The van der Waals surface area contributed by atoms with Gasteiger partial charge < -0.3 is 5.32 Å². The first-order valence-electron chi connectivity index (χ1n) is 6.91. The van der Waals surface area contributed by atoms with Gasteiger partial charge >= 0.3 is 0 Å². The summed E-state index contributed by atoms with van der Waals surface area (Å²) >= 11 is 1.87. The molecular weight excluding hydrogens is 252 g/mol. The summed E-state index contributed by atoms with van der Waals surface area (Å²) in [6.07, 6.45) is 1.10. The molecule has 0 fully saturated rings. The minimum Gasteiger partial charge on any atom is -0.311 e. The number of thiazole rings is 1. The van der Waals surface area contributed by atoms with E-state index in [9.17, 15) is 0 Å². The molecule has 19 heavy (non-hydrogen) atoms. The van der Waals surface area contributed by atoms with Gasteiger partial charge in [0.2, 0.25) is 0 Å². The summed E-state index contributed by atoms with van der Waals surface area (Å²) in [5.74, 6) is 0. The summed E-state index contributed by atoms with van der Waals surface area (Å²) in [5.41, 5.74) is 4.19. The Hall–Kier alpha value is -1.19. The lowest BCUT2D eigenvalue weighted by atomic mass is 9.74. The van der Waals surface area contributed by atoms with Gasteiger partial charge in [0.25, 0.3) is 0 Å². The molecule has 0 bridgehead atoms. The Bertz CT molecular complexity index is 599. The Morgan fingerprint density at radius 1 is 1.32 bits per heavy atom. The zero-order valence-electron chi connectivity index (χ0n) is 11.8. The van der Waals surface area contributed by atoms with E-state index >= 15 is 0 Å². The van der Waals surface area contributed by atoms with Crippen molar-refractivity contribution in [3.63, 3.8) is 0 Å². The summed E-state index contributed by atoms with van der Waals surface area (Å²) in [7, 11) is 0. The van der Waals surface area contributed by atoms with Crippen molar-refractivity contribution in [2.24, 2.45) is 0 Å². The molecule has 1 aliphatic rings. The molecule has 1 heterocycles. The highest BCUT2D eigenvalue weighted by Crippen LogP contribution is 2.44. The second kappa shape index (κ2) is 4.73. The molecule has 0 saturated heterocycles. The normalized spacial score (nSPS) is 15.9. The third kappa shape index (κ3) is 2.21. The van der Waals surface area contributed by atoms with Crippen molar-refractivity contribution in [3.8, 4) is 11.3 Å². The summed E-state index contributed by atoms with van der Waals surface area (Å²) in [6, 6.07) is 8.72. The SMILES string of the molecule is CCNCc1nc2c(s1)CC(C)(C)c1ccccc1-2. The van der Waals surface area contributed by atoms with Crippen molar-refractivity contribution in [1.29, 1.82) is 0 Å². The third-order valence-corrected chi connectivity index (χ3v) is 4.84. The highest BCUT2D eigenvalue weighted by atomic mass is 32.1. The predicted molar refractivity (Wildman–Crippen MR) is 81.7 cm³/mol. The van der Waals surface area contributed by atoms with Crippen molar-refractivity contribution in [3.05, 3.63) is 39.7 Å². The van der Waals surface area contributed by atoms with Crippen LogP contribution in [0.5, 0.6) is 0 Å². The molecule has 0 amide bonds. The average molecular weight is 272 g/mol. The van der Waals surface area contributed by atoms with Gasteiger partial charge in [-0.3, -0.25) is 0 Å². The number of rotatable bonds is 3. The number of aromatic nitrogens is 1. The summed E-state index contributed by atoms with van der Waals surface area (Å²) in [4.78, 5) is 6.29. The lowest BCUT2D eigenvalue weighted by molar-refractivity contribution is 0.521. The van der Waals surface area contributed by atoms with E-state index in [0.717, 1.165) is 19.5 Å². The highest BCUT2D eigenvalue weighted by molar-refractivity contribution is 7.12. The van der Waals surface area contributed by atoms with E-state index in [1.165, 1.54) is 26.7 Å². The Morgan fingerprint density at radius 2 is 2.11 bits per heavy atom. The maximum atomic E-state index is 4.85. The summed E-state index contributed by atoms with van der Waals surface area (Å²) < 4.78 is 0. The molecule has 0 radical (unpaired) electrons. The van der Waals surface area contributed by atoms with Crippen LogP contribution in [-0.2, 0) is 18.4 Å². The Balaban J connectivity index is 2.07. The average Bonchev–Trinajstić information content (AvgIpc) is 2.78. The second-order valence-electron chi connectivity index (χ2n) is 5.77. The number of benzene rings is 1. The van der Waals surface area contributed by atoms with Crippen LogP contribution in [0.15, 0.2) is 24.3 Å². The van der Waals surface area contributed by atoms with Crippen molar-refractivity contribution >= 4 is 11.3 Å². The van der Waals surface area contributed by atoms with E-state index in [2.05, 4.69) is 50.4 Å². The monoisotopic (exact) mass is 272 g/mol. The zero-order valence-corrected chi connectivity index (χ0v) is 12.6. The first-order chi connectivity index (χ1) is 9.12. The van der Waals surface area contributed by atoms with Gasteiger partial charge in [-0.15, -0.1) is 11.3 Å². The summed E-state index contributed by atoms with van der Waals surface area (Å²) in [6.45, 7) is 8.67. The molecule has 0 saturated carbocycles. The maximum absolute atomic E-state index is 4.85. The topological polar surface area (TPSA) is 24.9 Å². The molecule has 2 aromatic rings. The van der Waals surface area contributed by atoms with Crippen LogP contribution in [0.2, 0.25) is 0 Å². The van der Waals surface area contributed by atoms with Gasteiger partial charge in [0, 0.05) is 17.0 Å². The van der Waals surface area contributed by atoms with Crippen molar-refractivity contribution in [1.82, 2.24) is 10.3 Å². The minimum atomic E-state index is 0.214. The minimum absolute atomic E-state index is 0.214. The summed E-state index contributed by atoms with van der Waals surface area (Å²) in [5, 5.41) is 4.57. The van der Waals surface area contributed by atoms with E-state index in [1.807, 2.05) is 11.3 Å². The Kier molecular flexibility index (Phi) is 3.19. The van der Waals surface area contributed by atoms with Gasteiger partial charge in [0.15, 0.2) is 0 Å². The molecule has 3 heteroatoms. The molecular formula is C16H20N2S. The van der Waals surface area contributed by atoms with Crippen LogP contribution in [0, 0.1) is 0 Å². The van der Waals surface area contributed by atoms with Gasteiger partial charge in [-0.25, -0.2) is 4.98 Å². The van der Waals surface area contributed by atoms with Crippen LogP contribution in [0.4, 0.5) is 0 Å². The maximum Gasteiger partial charge on any atom is 0.107 e. The van der Waals surface area contributed by atoms with E-state index in [4.69, 9.17) is 4.98 Å². The molecule has 3 rings (SSSR count). The van der Waals surface area contributed by atoms with Crippen LogP contribution >= 0.6 is 11.3 Å². The van der Waals surface area contributed by atoms with Gasteiger partial charge in [0.1, 0.15) is 5.01 Å². The molecule has 0 aliphatic heterocycles. The fraction of sp³-hybridized carbons (Fsp3) is 0.438. The van der Waals surface area contributed by atoms with Crippen LogP contribution < -0.4 is 5.32 Å². The lowest BCUT2D eigenvalue weighted by Gasteiger charge is -2.31. The van der Waals surface area contributed by atoms with E-state index in [1.54, 1.807) is 0 Å². The van der Waals surface area contributed by atoms with Gasteiger partial charge in [-0.1, -0.05) is 45.0 Å². The fourth-order valence-corrected chi connectivity index (χ4v) is 4.10. The quantitative estimate of drug-likeness (QED) is 0.920. The first kappa shape index (κ1) is 12.8. The Labute approximate surface area is 118 Å². The van der Waals surface area contributed by atoms with E-state index in [-0.39, 0.29) is 5.41 Å². The number of hydrogen-bond acceptors (Lipinski definition) is 3. The number of hydrogen-bond donors (Lipinski definition) is 1. The number of nitrogens with one attached hydrogen (secondary N) is 1. The highest BCUT2D eigenvalue weighted by Gasteiger charge is 2.32. The molecule has 0 atom stereocenters. The molecule has 0 unspecified atom stereocenters. The molecule has 100 valence electrons. The van der Waals surface area contributed by atoms with Crippen molar-refractivity contribution in [2.75, 3.05) is 6.54 Å². The lowest BCUT2D eigenvalue weighted by Crippen LogP contribution is -2.24. The second-order valence-corrected chi connectivity index (χ2v) is 6.93. The Morgan fingerprint density at radius 3 is 2.89 bits per heavy atom. The molecule has 1 N–H and O–H groups in total. The smallest absolute Gasteiger partial charge is 0.107 e. The predicted octanol–water partition coefficient (Wildman–Crippen LogP) is 3.75. The van der Waals surface area contributed by atoms with E-state index < -0.39 is 0 Å².